The first-order chi connectivity index (χ1) is 11.5. The SMILES string of the molecule is COc1ccc2c3c(ccc2c1)[C@@H]1CC[C@H](OC(C)=O)[C@@]1(C)CC3. The second kappa shape index (κ2) is 5.51. The van der Waals surface area contributed by atoms with Gasteiger partial charge in [0.15, 0.2) is 0 Å². The van der Waals surface area contributed by atoms with Crippen molar-refractivity contribution in [3.05, 3.63) is 41.5 Å². The number of aryl methyl sites for hydroxylation is 1. The Morgan fingerprint density at radius 2 is 2.04 bits per heavy atom. The summed E-state index contributed by atoms with van der Waals surface area (Å²) in [5, 5.41) is 2.58. The van der Waals surface area contributed by atoms with Crippen LogP contribution in [0.3, 0.4) is 0 Å². The number of ether oxygens (including phenoxy) is 2. The maximum absolute atomic E-state index is 11.5. The van der Waals surface area contributed by atoms with Crippen LogP contribution in [-0.4, -0.2) is 19.2 Å². The van der Waals surface area contributed by atoms with Crippen molar-refractivity contribution >= 4 is 16.7 Å². The van der Waals surface area contributed by atoms with Gasteiger partial charge >= 0.3 is 5.97 Å². The number of hydrogen-bond acceptors (Lipinski definition) is 3. The molecular formula is C21H24O3. The molecule has 1 saturated carbocycles. The molecular weight excluding hydrogens is 300 g/mol. The molecule has 0 N–H and O–H groups in total. The molecule has 2 aromatic rings. The summed E-state index contributed by atoms with van der Waals surface area (Å²) in [7, 11) is 1.71. The highest BCUT2D eigenvalue weighted by molar-refractivity contribution is 5.88. The third-order valence-corrected chi connectivity index (χ3v) is 6.22. The van der Waals surface area contributed by atoms with Crippen LogP contribution >= 0.6 is 0 Å². The molecule has 2 aliphatic carbocycles. The molecule has 3 atom stereocenters. The van der Waals surface area contributed by atoms with Gasteiger partial charge in [0.2, 0.25) is 0 Å². The summed E-state index contributed by atoms with van der Waals surface area (Å²) in [6.07, 6.45) is 4.25. The van der Waals surface area contributed by atoms with E-state index in [4.69, 9.17) is 9.47 Å². The molecule has 0 heterocycles. The number of benzene rings is 2. The van der Waals surface area contributed by atoms with E-state index in [0.29, 0.717) is 5.92 Å². The summed E-state index contributed by atoms with van der Waals surface area (Å²) >= 11 is 0. The Morgan fingerprint density at radius 1 is 1.21 bits per heavy atom. The van der Waals surface area contributed by atoms with Crippen molar-refractivity contribution < 1.29 is 14.3 Å². The van der Waals surface area contributed by atoms with Gasteiger partial charge in [-0.1, -0.05) is 25.1 Å². The molecule has 0 amide bonds. The predicted molar refractivity (Wildman–Crippen MR) is 94.5 cm³/mol. The second-order valence-corrected chi connectivity index (χ2v) is 7.45. The lowest BCUT2D eigenvalue weighted by molar-refractivity contribution is -0.152. The molecule has 0 unspecified atom stereocenters. The van der Waals surface area contributed by atoms with Crippen LogP contribution in [0.25, 0.3) is 10.8 Å². The Labute approximate surface area is 143 Å². The smallest absolute Gasteiger partial charge is 0.302 e. The van der Waals surface area contributed by atoms with Gasteiger partial charge in [0, 0.05) is 12.3 Å². The van der Waals surface area contributed by atoms with Crippen LogP contribution in [0.4, 0.5) is 0 Å². The number of esters is 1. The Hall–Kier alpha value is -2.03. The summed E-state index contributed by atoms with van der Waals surface area (Å²) in [6.45, 7) is 3.83. The van der Waals surface area contributed by atoms with Gasteiger partial charge in [0.1, 0.15) is 11.9 Å². The molecule has 1 fully saturated rings. The molecule has 24 heavy (non-hydrogen) atoms. The summed E-state index contributed by atoms with van der Waals surface area (Å²) < 4.78 is 11.0. The van der Waals surface area contributed by atoms with Crippen LogP contribution < -0.4 is 4.74 Å². The second-order valence-electron chi connectivity index (χ2n) is 7.45. The van der Waals surface area contributed by atoms with Gasteiger partial charge in [-0.2, -0.15) is 0 Å². The van der Waals surface area contributed by atoms with Crippen molar-refractivity contribution in [2.75, 3.05) is 7.11 Å². The summed E-state index contributed by atoms with van der Waals surface area (Å²) in [6, 6.07) is 10.8. The number of carbonyl (C=O) groups excluding carboxylic acids is 1. The zero-order valence-corrected chi connectivity index (χ0v) is 14.6. The first-order valence-electron chi connectivity index (χ1n) is 8.79. The Morgan fingerprint density at radius 3 is 2.79 bits per heavy atom. The molecule has 3 nitrogen and oxygen atoms in total. The van der Waals surface area contributed by atoms with E-state index in [1.807, 2.05) is 6.07 Å². The molecule has 4 rings (SSSR count). The van der Waals surface area contributed by atoms with E-state index in [1.54, 1.807) is 7.11 Å². The van der Waals surface area contributed by atoms with Gasteiger partial charge in [-0.15, -0.1) is 0 Å². The van der Waals surface area contributed by atoms with E-state index in [2.05, 4.69) is 31.2 Å². The lowest BCUT2D eigenvalue weighted by Gasteiger charge is -2.41. The van der Waals surface area contributed by atoms with Crippen LogP contribution in [0.15, 0.2) is 30.3 Å². The number of methoxy groups -OCH3 is 1. The quantitative estimate of drug-likeness (QED) is 0.757. The highest BCUT2D eigenvalue weighted by Crippen LogP contribution is 2.57. The van der Waals surface area contributed by atoms with Crippen LogP contribution in [0.1, 0.15) is 50.2 Å². The molecule has 0 aromatic heterocycles. The van der Waals surface area contributed by atoms with Gasteiger partial charge in [0.05, 0.1) is 7.11 Å². The topological polar surface area (TPSA) is 35.5 Å². The van der Waals surface area contributed by atoms with Crippen molar-refractivity contribution in [3.63, 3.8) is 0 Å². The monoisotopic (exact) mass is 324 g/mol. The molecule has 0 aliphatic heterocycles. The normalized spacial score (nSPS) is 28.3. The largest absolute Gasteiger partial charge is 0.497 e. The van der Waals surface area contributed by atoms with Crippen LogP contribution in [0, 0.1) is 5.41 Å². The number of hydrogen-bond donors (Lipinski definition) is 0. The van der Waals surface area contributed by atoms with Crippen molar-refractivity contribution in [2.24, 2.45) is 5.41 Å². The minimum atomic E-state index is -0.154. The van der Waals surface area contributed by atoms with E-state index in [0.717, 1.165) is 31.4 Å². The maximum Gasteiger partial charge on any atom is 0.302 e. The van der Waals surface area contributed by atoms with E-state index >= 15 is 0 Å². The van der Waals surface area contributed by atoms with Crippen molar-refractivity contribution in [3.8, 4) is 5.75 Å². The highest BCUT2D eigenvalue weighted by Gasteiger charge is 2.51. The fraction of sp³-hybridized carbons (Fsp3) is 0.476. The standard InChI is InChI=1S/C21H24O3/c1-13(22)24-20-9-8-19-18-6-4-14-12-15(23-3)5-7-16(14)17(18)10-11-21(19,20)2/h4-7,12,19-20H,8-11H2,1-3H3/t19-,20-,21-/m0/s1. The number of carbonyl (C=O) groups is 1. The van der Waals surface area contributed by atoms with Gasteiger partial charge in [0.25, 0.3) is 0 Å². The first-order valence-corrected chi connectivity index (χ1v) is 8.79. The fourth-order valence-electron chi connectivity index (χ4n) is 4.96. The first kappa shape index (κ1) is 15.5. The molecule has 0 bridgehead atoms. The Bertz CT molecular complexity index is 810. The van der Waals surface area contributed by atoms with E-state index in [9.17, 15) is 4.79 Å². The maximum atomic E-state index is 11.5. The highest BCUT2D eigenvalue weighted by atomic mass is 16.5. The molecule has 0 saturated heterocycles. The molecule has 2 aromatic carbocycles. The third kappa shape index (κ3) is 2.21. The fourth-order valence-corrected chi connectivity index (χ4v) is 4.96. The molecule has 2 aliphatic rings. The van der Waals surface area contributed by atoms with Gasteiger partial charge in [-0.3, -0.25) is 4.79 Å². The summed E-state index contributed by atoms with van der Waals surface area (Å²) in [5.74, 6) is 1.23. The predicted octanol–water partition coefficient (Wildman–Crippen LogP) is 4.61. The minimum absolute atomic E-state index is 0.0553. The van der Waals surface area contributed by atoms with Gasteiger partial charge < -0.3 is 9.47 Å². The van der Waals surface area contributed by atoms with E-state index in [-0.39, 0.29) is 17.5 Å². The van der Waals surface area contributed by atoms with Gasteiger partial charge in [-0.25, -0.2) is 0 Å². The molecule has 0 radical (unpaired) electrons. The van der Waals surface area contributed by atoms with E-state index < -0.39 is 0 Å². The van der Waals surface area contributed by atoms with Crippen molar-refractivity contribution in [1.82, 2.24) is 0 Å². The van der Waals surface area contributed by atoms with Crippen LogP contribution in [-0.2, 0) is 16.0 Å². The number of rotatable bonds is 2. The van der Waals surface area contributed by atoms with E-state index in [1.165, 1.54) is 28.8 Å². The lowest BCUT2D eigenvalue weighted by Crippen LogP contribution is -2.37. The average molecular weight is 324 g/mol. The molecule has 3 heteroatoms. The Balaban J connectivity index is 1.78. The van der Waals surface area contributed by atoms with Crippen molar-refractivity contribution in [1.29, 1.82) is 0 Å². The van der Waals surface area contributed by atoms with Crippen molar-refractivity contribution in [2.45, 2.75) is 51.6 Å². The molecule has 0 spiro atoms. The zero-order valence-electron chi connectivity index (χ0n) is 14.6. The third-order valence-electron chi connectivity index (χ3n) is 6.22. The van der Waals surface area contributed by atoms with Crippen LogP contribution in [0.5, 0.6) is 5.75 Å². The minimum Gasteiger partial charge on any atom is -0.497 e. The molecule has 126 valence electrons. The summed E-state index contributed by atoms with van der Waals surface area (Å²) in [4.78, 5) is 11.5. The average Bonchev–Trinajstić information content (AvgIpc) is 2.90. The summed E-state index contributed by atoms with van der Waals surface area (Å²) in [5.41, 5.74) is 3.00. The van der Waals surface area contributed by atoms with Gasteiger partial charge in [-0.05, 0) is 65.6 Å². The number of fused-ring (bicyclic) bond motifs is 5. The van der Waals surface area contributed by atoms with Crippen LogP contribution in [0.2, 0.25) is 0 Å². The Kier molecular flexibility index (Phi) is 3.56. The lowest BCUT2D eigenvalue weighted by atomic mass is 9.65. The zero-order chi connectivity index (χ0) is 16.9.